The number of nitrogens with one attached hydrogen (secondary N) is 1. The molecule has 2 unspecified atom stereocenters. The number of hydrogen-bond donors (Lipinski definition) is 2. The summed E-state index contributed by atoms with van der Waals surface area (Å²) in [5, 5.41) is 2.87. The number of halogens is 1. The Morgan fingerprint density at radius 2 is 1.92 bits per heavy atom. The highest BCUT2D eigenvalue weighted by Crippen LogP contribution is 2.17. The molecule has 1 fully saturated rings. The summed E-state index contributed by atoms with van der Waals surface area (Å²) >= 11 is 0. The highest BCUT2D eigenvalue weighted by molar-refractivity contribution is 5.94. The minimum Gasteiger partial charge on any atom is -0.491 e. The van der Waals surface area contributed by atoms with Crippen LogP contribution in [0.25, 0.3) is 0 Å². The van der Waals surface area contributed by atoms with E-state index < -0.39 is 0 Å². The summed E-state index contributed by atoms with van der Waals surface area (Å²) in [7, 11) is 0. The molecule has 140 valence electrons. The standard InChI is InChI=1S/C20H24N2O3.ClH/c21-19(15-5-2-1-3-6-15)13-22-20(23)16-8-10-17(11-9-16)25-14-18-7-4-12-24-18;/h1-3,5-6,8-11,18-19H,4,7,12-14,21H2,(H,22,23);1H. The van der Waals surface area contributed by atoms with E-state index in [1.54, 1.807) is 24.3 Å². The van der Waals surface area contributed by atoms with Crippen LogP contribution in [-0.4, -0.2) is 31.8 Å². The van der Waals surface area contributed by atoms with Gasteiger partial charge in [-0.2, -0.15) is 0 Å². The second-order valence-corrected chi connectivity index (χ2v) is 6.20. The number of carbonyl (C=O) groups excluding carboxylic acids is 1. The summed E-state index contributed by atoms with van der Waals surface area (Å²) < 4.78 is 11.2. The number of hydrogen-bond acceptors (Lipinski definition) is 4. The molecule has 1 amide bonds. The van der Waals surface area contributed by atoms with Gasteiger partial charge in [-0.1, -0.05) is 30.3 Å². The van der Waals surface area contributed by atoms with E-state index in [0.717, 1.165) is 30.8 Å². The highest BCUT2D eigenvalue weighted by atomic mass is 35.5. The molecule has 1 aliphatic heterocycles. The van der Waals surface area contributed by atoms with E-state index in [4.69, 9.17) is 15.2 Å². The summed E-state index contributed by atoms with van der Waals surface area (Å²) in [4.78, 5) is 12.2. The van der Waals surface area contributed by atoms with Gasteiger partial charge in [-0.25, -0.2) is 0 Å². The lowest BCUT2D eigenvalue weighted by atomic mass is 10.1. The van der Waals surface area contributed by atoms with Gasteiger partial charge in [-0.05, 0) is 42.7 Å². The summed E-state index contributed by atoms with van der Waals surface area (Å²) in [6.45, 7) is 1.76. The van der Waals surface area contributed by atoms with Gasteiger partial charge in [-0.15, -0.1) is 12.4 Å². The van der Waals surface area contributed by atoms with E-state index in [0.29, 0.717) is 18.7 Å². The van der Waals surface area contributed by atoms with Gasteiger partial charge < -0.3 is 20.5 Å². The molecule has 5 nitrogen and oxygen atoms in total. The lowest BCUT2D eigenvalue weighted by molar-refractivity contribution is 0.0679. The third-order valence-electron chi connectivity index (χ3n) is 4.29. The number of amides is 1. The molecule has 6 heteroatoms. The van der Waals surface area contributed by atoms with Crippen LogP contribution in [0.1, 0.15) is 34.8 Å². The molecule has 0 saturated carbocycles. The fraction of sp³-hybridized carbons (Fsp3) is 0.350. The zero-order valence-corrected chi connectivity index (χ0v) is 15.4. The number of carbonyl (C=O) groups is 1. The minimum atomic E-state index is -0.223. The van der Waals surface area contributed by atoms with Crippen molar-refractivity contribution in [2.45, 2.75) is 25.0 Å². The second kappa shape index (κ2) is 10.2. The average Bonchev–Trinajstić information content (AvgIpc) is 3.19. The maximum Gasteiger partial charge on any atom is 0.251 e. The van der Waals surface area contributed by atoms with Crippen molar-refractivity contribution in [2.75, 3.05) is 19.8 Å². The predicted octanol–water partition coefficient (Wildman–Crippen LogP) is 3.10. The Hall–Kier alpha value is -2.08. The van der Waals surface area contributed by atoms with E-state index in [2.05, 4.69) is 5.32 Å². The Morgan fingerprint density at radius 1 is 1.19 bits per heavy atom. The van der Waals surface area contributed by atoms with Crippen molar-refractivity contribution in [1.29, 1.82) is 0 Å². The Balaban J connectivity index is 0.00000243. The molecule has 0 bridgehead atoms. The fourth-order valence-electron chi connectivity index (χ4n) is 2.79. The van der Waals surface area contributed by atoms with Crippen LogP contribution in [0.4, 0.5) is 0 Å². The van der Waals surface area contributed by atoms with Crippen LogP contribution in [0.15, 0.2) is 54.6 Å². The van der Waals surface area contributed by atoms with Gasteiger partial charge >= 0.3 is 0 Å². The SMILES string of the molecule is Cl.NC(CNC(=O)c1ccc(OCC2CCCO2)cc1)c1ccccc1. The molecule has 0 spiro atoms. The molecule has 26 heavy (non-hydrogen) atoms. The van der Waals surface area contributed by atoms with Crippen LogP contribution in [0.3, 0.4) is 0 Å². The molecule has 0 aromatic heterocycles. The first kappa shape index (κ1) is 20.2. The van der Waals surface area contributed by atoms with Gasteiger partial charge in [0.05, 0.1) is 6.10 Å². The first-order chi connectivity index (χ1) is 12.2. The molecule has 2 aromatic carbocycles. The van der Waals surface area contributed by atoms with Crippen molar-refractivity contribution >= 4 is 18.3 Å². The van der Waals surface area contributed by atoms with Gasteiger partial charge in [0.25, 0.3) is 5.91 Å². The molecule has 3 N–H and O–H groups in total. The molecule has 1 aliphatic rings. The number of nitrogens with two attached hydrogens (primary N) is 1. The smallest absolute Gasteiger partial charge is 0.251 e. The zero-order valence-electron chi connectivity index (χ0n) is 14.6. The maximum atomic E-state index is 12.2. The highest BCUT2D eigenvalue weighted by Gasteiger charge is 2.16. The van der Waals surface area contributed by atoms with Gasteiger partial charge in [0, 0.05) is 24.8 Å². The maximum absolute atomic E-state index is 12.2. The lowest BCUT2D eigenvalue weighted by Crippen LogP contribution is -2.31. The van der Waals surface area contributed by atoms with E-state index in [9.17, 15) is 4.79 Å². The Kier molecular flexibility index (Phi) is 7.91. The van der Waals surface area contributed by atoms with Crippen LogP contribution in [0.5, 0.6) is 5.75 Å². The number of benzene rings is 2. The molecule has 0 radical (unpaired) electrons. The summed E-state index contributed by atoms with van der Waals surface area (Å²) in [6.07, 6.45) is 2.32. The first-order valence-corrected chi connectivity index (χ1v) is 8.65. The number of ether oxygens (including phenoxy) is 2. The molecule has 1 saturated heterocycles. The predicted molar refractivity (Wildman–Crippen MR) is 104 cm³/mol. The summed E-state index contributed by atoms with van der Waals surface area (Å²) in [5.74, 6) is 0.602. The Labute approximate surface area is 160 Å². The van der Waals surface area contributed by atoms with Crippen LogP contribution in [-0.2, 0) is 4.74 Å². The van der Waals surface area contributed by atoms with Crippen LogP contribution >= 0.6 is 12.4 Å². The molecule has 1 heterocycles. The van der Waals surface area contributed by atoms with Crippen molar-refractivity contribution in [1.82, 2.24) is 5.32 Å². The van der Waals surface area contributed by atoms with Crippen LogP contribution in [0.2, 0.25) is 0 Å². The van der Waals surface area contributed by atoms with Crippen LogP contribution < -0.4 is 15.8 Å². The Bertz CT molecular complexity index is 673. The molecule has 2 atom stereocenters. The van der Waals surface area contributed by atoms with Crippen molar-refractivity contribution in [2.24, 2.45) is 5.73 Å². The fourth-order valence-corrected chi connectivity index (χ4v) is 2.79. The van der Waals surface area contributed by atoms with Crippen molar-refractivity contribution < 1.29 is 14.3 Å². The molecule has 0 aliphatic carbocycles. The third kappa shape index (κ3) is 5.73. The molecular weight excluding hydrogens is 352 g/mol. The molecule has 3 rings (SSSR count). The minimum absolute atomic E-state index is 0. The zero-order chi connectivity index (χ0) is 17.5. The van der Waals surface area contributed by atoms with Crippen LogP contribution in [0, 0.1) is 0 Å². The van der Waals surface area contributed by atoms with Gasteiger partial charge in [-0.3, -0.25) is 4.79 Å². The summed E-state index contributed by atoms with van der Waals surface area (Å²) in [5.41, 5.74) is 7.69. The molecular formula is C20H25ClN2O3. The quantitative estimate of drug-likeness (QED) is 0.778. The topological polar surface area (TPSA) is 73.6 Å². The van der Waals surface area contributed by atoms with Crippen molar-refractivity contribution in [3.05, 3.63) is 65.7 Å². The van der Waals surface area contributed by atoms with E-state index in [1.165, 1.54) is 0 Å². The van der Waals surface area contributed by atoms with E-state index in [1.807, 2.05) is 30.3 Å². The largest absolute Gasteiger partial charge is 0.491 e. The second-order valence-electron chi connectivity index (χ2n) is 6.20. The third-order valence-corrected chi connectivity index (χ3v) is 4.29. The first-order valence-electron chi connectivity index (χ1n) is 8.65. The monoisotopic (exact) mass is 376 g/mol. The average molecular weight is 377 g/mol. The van der Waals surface area contributed by atoms with Gasteiger partial charge in [0.1, 0.15) is 12.4 Å². The Morgan fingerprint density at radius 3 is 2.58 bits per heavy atom. The van der Waals surface area contributed by atoms with Gasteiger partial charge in [0.15, 0.2) is 0 Å². The lowest BCUT2D eigenvalue weighted by Gasteiger charge is -2.14. The van der Waals surface area contributed by atoms with Gasteiger partial charge in [0.2, 0.25) is 0 Å². The van der Waals surface area contributed by atoms with E-state index in [-0.39, 0.29) is 30.5 Å². The normalized spacial score (nSPS) is 17.2. The number of rotatable bonds is 7. The van der Waals surface area contributed by atoms with Crippen molar-refractivity contribution in [3.8, 4) is 5.75 Å². The molecule has 2 aromatic rings. The van der Waals surface area contributed by atoms with Crippen molar-refractivity contribution in [3.63, 3.8) is 0 Å². The van der Waals surface area contributed by atoms with E-state index >= 15 is 0 Å². The summed E-state index contributed by atoms with van der Waals surface area (Å²) in [6, 6.07) is 16.6.